The SMILES string of the molecule is Cc1cn(-c2cc(C)c3[nH]c(=O)ccc3c2)cn1. The fraction of sp³-hybridized carbons (Fsp3) is 0.143. The van der Waals surface area contributed by atoms with Crippen LogP contribution in [0, 0.1) is 13.8 Å². The Kier molecular flexibility index (Phi) is 2.30. The molecule has 0 aliphatic rings. The Balaban J connectivity index is 2.27. The highest BCUT2D eigenvalue weighted by Gasteiger charge is 2.04. The molecule has 0 aliphatic heterocycles. The molecule has 0 radical (unpaired) electrons. The molecule has 0 unspecified atom stereocenters. The number of benzene rings is 1. The Morgan fingerprint density at radius 3 is 2.78 bits per heavy atom. The molecule has 18 heavy (non-hydrogen) atoms. The molecule has 2 heterocycles. The molecule has 3 aromatic rings. The number of rotatable bonds is 1. The summed E-state index contributed by atoms with van der Waals surface area (Å²) in [6.07, 6.45) is 3.77. The lowest BCUT2D eigenvalue weighted by molar-refractivity contribution is 1.06. The van der Waals surface area contributed by atoms with Crippen LogP contribution in [0.25, 0.3) is 16.6 Å². The van der Waals surface area contributed by atoms with Gasteiger partial charge in [0.25, 0.3) is 0 Å². The van der Waals surface area contributed by atoms with Crippen molar-refractivity contribution in [3.05, 3.63) is 58.4 Å². The highest BCUT2D eigenvalue weighted by molar-refractivity contribution is 5.83. The molecule has 4 heteroatoms. The number of aryl methyl sites for hydroxylation is 2. The fourth-order valence-electron chi connectivity index (χ4n) is 2.14. The van der Waals surface area contributed by atoms with E-state index in [1.54, 1.807) is 12.4 Å². The lowest BCUT2D eigenvalue weighted by atomic mass is 10.1. The van der Waals surface area contributed by atoms with Gasteiger partial charge >= 0.3 is 0 Å². The minimum atomic E-state index is -0.0724. The molecule has 0 fully saturated rings. The van der Waals surface area contributed by atoms with Crippen molar-refractivity contribution in [1.82, 2.24) is 14.5 Å². The van der Waals surface area contributed by atoms with Gasteiger partial charge in [0.2, 0.25) is 5.56 Å². The second kappa shape index (κ2) is 3.84. The summed E-state index contributed by atoms with van der Waals surface area (Å²) < 4.78 is 1.98. The molecule has 3 rings (SSSR count). The van der Waals surface area contributed by atoms with Crippen molar-refractivity contribution in [3.8, 4) is 5.69 Å². The van der Waals surface area contributed by atoms with E-state index in [0.29, 0.717) is 0 Å². The molecule has 1 aromatic carbocycles. The van der Waals surface area contributed by atoms with Crippen LogP contribution in [0.15, 0.2) is 41.6 Å². The van der Waals surface area contributed by atoms with Gasteiger partial charge in [-0.1, -0.05) is 0 Å². The topological polar surface area (TPSA) is 50.7 Å². The first-order valence-electron chi connectivity index (χ1n) is 5.78. The Morgan fingerprint density at radius 1 is 1.22 bits per heavy atom. The van der Waals surface area contributed by atoms with Crippen molar-refractivity contribution >= 4 is 10.9 Å². The lowest BCUT2D eigenvalue weighted by Gasteiger charge is -2.07. The van der Waals surface area contributed by atoms with Gasteiger partial charge in [0, 0.05) is 23.3 Å². The molecule has 2 aromatic heterocycles. The number of pyridine rings is 1. The number of hydrogen-bond acceptors (Lipinski definition) is 2. The van der Waals surface area contributed by atoms with Gasteiger partial charge in [0.1, 0.15) is 0 Å². The van der Waals surface area contributed by atoms with E-state index in [1.807, 2.05) is 42.8 Å². The first-order chi connectivity index (χ1) is 8.63. The predicted octanol–water partition coefficient (Wildman–Crippen LogP) is 2.33. The smallest absolute Gasteiger partial charge is 0.248 e. The summed E-state index contributed by atoms with van der Waals surface area (Å²) in [4.78, 5) is 18.4. The van der Waals surface area contributed by atoms with Crippen LogP contribution in [0.3, 0.4) is 0 Å². The van der Waals surface area contributed by atoms with E-state index in [0.717, 1.165) is 27.8 Å². The van der Waals surface area contributed by atoms with Crippen molar-refractivity contribution in [3.63, 3.8) is 0 Å². The molecule has 1 N–H and O–H groups in total. The zero-order valence-corrected chi connectivity index (χ0v) is 10.3. The first-order valence-corrected chi connectivity index (χ1v) is 5.78. The molecule has 4 nitrogen and oxygen atoms in total. The van der Waals surface area contributed by atoms with Gasteiger partial charge < -0.3 is 9.55 Å². The Morgan fingerprint density at radius 2 is 2.06 bits per heavy atom. The highest BCUT2D eigenvalue weighted by Crippen LogP contribution is 2.20. The van der Waals surface area contributed by atoms with Gasteiger partial charge in [-0.3, -0.25) is 4.79 Å². The van der Waals surface area contributed by atoms with Crippen molar-refractivity contribution in [2.45, 2.75) is 13.8 Å². The number of imidazole rings is 1. The summed E-state index contributed by atoms with van der Waals surface area (Å²) in [5, 5.41) is 1.02. The monoisotopic (exact) mass is 239 g/mol. The van der Waals surface area contributed by atoms with Crippen LogP contribution < -0.4 is 5.56 Å². The fourth-order valence-corrected chi connectivity index (χ4v) is 2.14. The number of nitrogens with one attached hydrogen (secondary N) is 1. The lowest BCUT2D eigenvalue weighted by Crippen LogP contribution is -2.04. The van der Waals surface area contributed by atoms with Crippen LogP contribution in [0.1, 0.15) is 11.3 Å². The summed E-state index contributed by atoms with van der Waals surface area (Å²) in [6, 6.07) is 7.47. The van der Waals surface area contributed by atoms with Crippen LogP contribution in [0.5, 0.6) is 0 Å². The zero-order valence-electron chi connectivity index (χ0n) is 10.3. The average molecular weight is 239 g/mol. The third kappa shape index (κ3) is 1.72. The maximum absolute atomic E-state index is 11.3. The largest absolute Gasteiger partial charge is 0.322 e. The van der Waals surface area contributed by atoms with E-state index < -0.39 is 0 Å². The maximum Gasteiger partial charge on any atom is 0.248 e. The number of fused-ring (bicyclic) bond motifs is 1. The molecule has 0 amide bonds. The van der Waals surface area contributed by atoms with Gasteiger partial charge in [0.15, 0.2) is 0 Å². The third-order valence-electron chi connectivity index (χ3n) is 3.02. The minimum Gasteiger partial charge on any atom is -0.322 e. The minimum absolute atomic E-state index is 0.0724. The van der Waals surface area contributed by atoms with E-state index in [9.17, 15) is 4.79 Å². The molecular formula is C14H13N3O. The molecule has 0 spiro atoms. The standard InChI is InChI=1S/C14H13N3O/c1-9-5-12(17-7-10(2)15-8-17)6-11-3-4-13(18)16-14(9)11/h3-8H,1-2H3,(H,16,18). The summed E-state index contributed by atoms with van der Waals surface area (Å²) in [5.41, 5.74) is 3.90. The van der Waals surface area contributed by atoms with Crippen molar-refractivity contribution in [1.29, 1.82) is 0 Å². The number of aromatic amines is 1. The predicted molar refractivity (Wildman–Crippen MR) is 71.2 cm³/mol. The summed E-state index contributed by atoms with van der Waals surface area (Å²) in [6.45, 7) is 3.95. The number of hydrogen-bond donors (Lipinski definition) is 1. The van der Waals surface area contributed by atoms with Crippen LogP contribution in [-0.4, -0.2) is 14.5 Å². The second-order valence-electron chi connectivity index (χ2n) is 4.47. The zero-order chi connectivity index (χ0) is 12.7. The summed E-state index contributed by atoms with van der Waals surface area (Å²) in [7, 11) is 0. The molecule has 0 bridgehead atoms. The van der Waals surface area contributed by atoms with E-state index in [4.69, 9.17) is 0 Å². The Bertz CT molecular complexity index is 783. The van der Waals surface area contributed by atoms with E-state index in [1.165, 1.54) is 0 Å². The van der Waals surface area contributed by atoms with Crippen molar-refractivity contribution in [2.24, 2.45) is 0 Å². The van der Waals surface area contributed by atoms with Crippen LogP contribution >= 0.6 is 0 Å². The highest BCUT2D eigenvalue weighted by atomic mass is 16.1. The first kappa shape index (κ1) is 10.8. The van der Waals surface area contributed by atoms with Crippen LogP contribution in [0.2, 0.25) is 0 Å². The van der Waals surface area contributed by atoms with Gasteiger partial charge in [-0.05, 0) is 37.6 Å². The van der Waals surface area contributed by atoms with Crippen molar-refractivity contribution < 1.29 is 0 Å². The quantitative estimate of drug-likeness (QED) is 0.708. The molecule has 0 atom stereocenters. The number of nitrogens with zero attached hydrogens (tertiary/aromatic N) is 2. The van der Waals surface area contributed by atoms with Gasteiger partial charge in [0.05, 0.1) is 17.5 Å². The summed E-state index contributed by atoms with van der Waals surface area (Å²) >= 11 is 0. The molecule has 0 saturated carbocycles. The average Bonchev–Trinajstić information content (AvgIpc) is 2.77. The van der Waals surface area contributed by atoms with E-state index in [-0.39, 0.29) is 5.56 Å². The molecule has 0 saturated heterocycles. The second-order valence-corrected chi connectivity index (χ2v) is 4.47. The maximum atomic E-state index is 11.3. The van der Waals surface area contributed by atoms with Gasteiger partial charge in [-0.25, -0.2) is 4.98 Å². The molecule has 90 valence electrons. The Hall–Kier alpha value is -2.36. The van der Waals surface area contributed by atoms with E-state index in [2.05, 4.69) is 9.97 Å². The number of aromatic nitrogens is 3. The van der Waals surface area contributed by atoms with Crippen LogP contribution in [0.4, 0.5) is 0 Å². The van der Waals surface area contributed by atoms with Crippen LogP contribution in [-0.2, 0) is 0 Å². The third-order valence-corrected chi connectivity index (χ3v) is 3.02. The van der Waals surface area contributed by atoms with Gasteiger partial charge in [-0.15, -0.1) is 0 Å². The Labute approximate surface area is 104 Å². The molecular weight excluding hydrogens is 226 g/mol. The number of H-pyrrole nitrogens is 1. The van der Waals surface area contributed by atoms with E-state index >= 15 is 0 Å². The normalized spacial score (nSPS) is 11.0. The van der Waals surface area contributed by atoms with Crippen molar-refractivity contribution in [2.75, 3.05) is 0 Å². The summed E-state index contributed by atoms with van der Waals surface area (Å²) in [5.74, 6) is 0. The van der Waals surface area contributed by atoms with Gasteiger partial charge in [-0.2, -0.15) is 0 Å². The molecule has 0 aliphatic carbocycles.